The lowest BCUT2D eigenvalue weighted by atomic mass is 10.6. The van der Waals surface area contributed by atoms with Gasteiger partial charge in [-0.05, 0) is 6.08 Å². The van der Waals surface area contributed by atoms with Crippen molar-refractivity contribution in [3.8, 4) is 0 Å². The summed E-state index contributed by atoms with van der Waals surface area (Å²) in [6.07, 6.45) is 3.70. The highest BCUT2D eigenvalue weighted by atomic mass is 16.5. The van der Waals surface area contributed by atoms with Gasteiger partial charge in [0.2, 0.25) is 0 Å². The van der Waals surface area contributed by atoms with Gasteiger partial charge in [0, 0.05) is 20.4 Å². The summed E-state index contributed by atoms with van der Waals surface area (Å²) in [5.74, 6) is 0. The minimum absolute atomic E-state index is 0.0556. The van der Waals surface area contributed by atoms with Crippen molar-refractivity contribution in [2.75, 3.05) is 14.2 Å². The van der Waals surface area contributed by atoms with Gasteiger partial charge in [-0.3, -0.25) is 5.01 Å². The number of nitrogens with zero attached hydrogens (tertiary/aromatic N) is 2. The van der Waals surface area contributed by atoms with Crippen LogP contribution in [0.2, 0.25) is 0 Å². The van der Waals surface area contributed by atoms with Gasteiger partial charge in [-0.25, -0.2) is 0 Å². The van der Waals surface area contributed by atoms with E-state index in [1.807, 2.05) is 19.3 Å². The predicted octanol–water partition coefficient (Wildman–Crippen LogP) is -0.0626. The Bertz CT molecular complexity index is 103. The van der Waals surface area contributed by atoms with E-state index in [-0.39, 0.29) is 6.23 Å². The summed E-state index contributed by atoms with van der Waals surface area (Å²) in [4.78, 5) is 0. The van der Waals surface area contributed by atoms with E-state index in [1.54, 1.807) is 12.1 Å². The average Bonchev–Trinajstić information content (AvgIpc) is 2.14. The second-order valence-corrected chi connectivity index (χ2v) is 1.66. The summed E-state index contributed by atoms with van der Waals surface area (Å²) in [6, 6.07) is 0. The maximum absolute atomic E-state index is 4.89. The van der Waals surface area contributed by atoms with Crippen LogP contribution in [0.15, 0.2) is 12.3 Å². The Morgan fingerprint density at radius 1 is 1.75 bits per heavy atom. The molecule has 0 saturated carbocycles. The van der Waals surface area contributed by atoms with Crippen molar-refractivity contribution in [2.45, 2.75) is 6.23 Å². The third kappa shape index (κ3) is 0.993. The molecule has 0 aromatic rings. The molecule has 8 heavy (non-hydrogen) atoms. The summed E-state index contributed by atoms with van der Waals surface area (Å²) in [6.45, 7) is 0. The fraction of sp³-hybridized carbons (Fsp3) is 0.600. The lowest BCUT2D eigenvalue weighted by Crippen LogP contribution is -2.25. The molecule has 3 nitrogen and oxygen atoms in total. The predicted molar refractivity (Wildman–Crippen MR) is 29.8 cm³/mol. The largest absolute Gasteiger partial charge is 0.359 e. The van der Waals surface area contributed by atoms with Gasteiger partial charge in [-0.1, -0.05) is 5.43 Å². The standard InChI is InChI=1S/C5H9N2O/c1-7-4-3-5(6-7)8-2/h3-5H,1-2H3. The van der Waals surface area contributed by atoms with Crippen molar-refractivity contribution < 1.29 is 4.74 Å². The number of hydrogen-bond donors (Lipinski definition) is 0. The Morgan fingerprint density at radius 2 is 2.50 bits per heavy atom. The third-order valence-corrected chi connectivity index (χ3v) is 1.00. The fourth-order valence-corrected chi connectivity index (χ4v) is 0.580. The van der Waals surface area contributed by atoms with Gasteiger partial charge in [-0.15, -0.1) is 0 Å². The Morgan fingerprint density at radius 3 is 2.75 bits per heavy atom. The van der Waals surface area contributed by atoms with Gasteiger partial charge in [0.25, 0.3) is 0 Å². The van der Waals surface area contributed by atoms with Crippen molar-refractivity contribution in [1.29, 1.82) is 0 Å². The van der Waals surface area contributed by atoms with E-state index in [0.29, 0.717) is 0 Å². The molecule has 0 saturated heterocycles. The van der Waals surface area contributed by atoms with Crippen molar-refractivity contribution in [3.05, 3.63) is 12.3 Å². The molecule has 1 radical (unpaired) electrons. The Labute approximate surface area is 48.9 Å². The van der Waals surface area contributed by atoms with Crippen LogP contribution in [-0.2, 0) is 4.74 Å². The minimum Gasteiger partial charge on any atom is -0.359 e. The molecule has 0 aliphatic carbocycles. The van der Waals surface area contributed by atoms with Crippen LogP contribution in [-0.4, -0.2) is 25.4 Å². The number of ether oxygens (including phenoxy) is 1. The van der Waals surface area contributed by atoms with E-state index in [2.05, 4.69) is 5.43 Å². The quantitative estimate of drug-likeness (QED) is 0.476. The molecule has 1 atom stereocenters. The second-order valence-electron chi connectivity index (χ2n) is 1.66. The number of rotatable bonds is 1. The summed E-state index contributed by atoms with van der Waals surface area (Å²) >= 11 is 0. The first-order valence-electron chi connectivity index (χ1n) is 2.47. The SMILES string of the molecule is COC1C=CN(C)[N]1. The minimum atomic E-state index is -0.0556. The molecule has 1 aliphatic heterocycles. The highest BCUT2D eigenvalue weighted by molar-refractivity contribution is 4.91. The molecule has 1 aliphatic rings. The van der Waals surface area contributed by atoms with Crippen LogP contribution in [0.4, 0.5) is 0 Å². The van der Waals surface area contributed by atoms with E-state index < -0.39 is 0 Å². The van der Waals surface area contributed by atoms with Crippen molar-refractivity contribution in [1.82, 2.24) is 10.4 Å². The smallest absolute Gasteiger partial charge is 0.164 e. The molecule has 0 spiro atoms. The summed E-state index contributed by atoms with van der Waals surface area (Å²) in [7, 11) is 3.51. The molecule has 1 unspecified atom stereocenters. The molecule has 0 aromatic carbocycles. The Hall–Kier alpha value is -0.540. The Kier molecular flexibility index (Phi) is 1.50. The molecule has 0 aromatic heterocycles. The van der Waals surface area contributed by atoms with Crippen molar-refractivity contribution in [2.24, 2.45) is 0 Å². The fourth-order valence-electron chi connectivity index (χ4n) is 0.580. The maximum Gasteiger partial charge on any atom is 0.164 e. The van der Waals surface area contributed by atoms with E-state index in [1.165, 1.54) is 0 Å². The summed E-state index contributed by atoms with van der Waals surface area (Å²) < 4.78 is 4.89. The Balaban J connectivity index is 2.34. The molecule has 1 rings (SSSR count). The van der Waals surface area contributed by atoms with Gasteiger partial charge in [-0.2, -0.15) is 0 Å². The van der Waals surface area contributed by atoms with Crippen LogP contribution >= 0.6 is 0 Å². The number of hydrogen-bond acceptors (Lipinski definition) is 2. The number of methoxy groups -OCH3 is 1. The molecule has 45 valence electrons. The average molecular weight is 113 g/mol. The van der Waals surface area contributed by atoms with Gasteiger partial charge >= 0.3 is 0 Å². The van der Waals surface area contributed by atoms with Crippen LogP contribution in [0.25, 0.3) is 0 Å². The zero-order valence-electron chi connectivity index (χ0n) is 5.03. The first-order valence-corrected chi connectivity index (χ1v) is 2.47. The third-order valence-electron chi connectivity index (χ3n) is 1.00. The molecule has 0 N–H and O–H groups in total. The van der Waals surface area contributed by atoms with Crippen molar-refractivity contribution in [3.63, 3.8) is 0 Å². The van der Waals surface area contributed by atoms with Crippen LogP contribution < -0.4 is 5.43 Å². The van der Waals surface area contributed by atoms with E-state index in [9.17, 15) is 0 Å². The van der Waals surface area contributed by atoms with Gasteiger partial charge in [0.15, 0.2) is 6.23 Å². The highest BCUT2D eigenvalue weighted by Gasteiger charge is 2.10. The summed E-state index contributed by atoms with van der Waals surface area (Å²) in [5.41, 5.74) is 4.01. The molecular formula is C5H9N2O. The van der Waals surface area contributed by atoms with Crippen LogP contribution in [0, 0.1) is 0 Å². The van der Waals surface area contributed by atoms with Crippen molar-refractivity contribution >= 4 is 0 Å². The van der Waals surface area contributed by atoms with E-state index >= 15 is 0 Å². The lowest BCUT2D eigenvalue weighted by molar-refractivity contribution is 0.0754. The molecule has 0 bridgehead atoms. The zero-order chi connectivity index (χ0) is 5.98. The lowest BCUT2D eigenvalue weighted by Gasteiger charge is -2.08. The zero-order valence-corrected chi connectivity index (χ0v) is 5.03. The van der Waals surface area contributed by atoms with Crippen LogP contribution in [0.5, 0.6) is 0 Å². The van der Waals surface area contributed by atoms with Gasteiger partial charge in [0.1, 0.15) is 0 Å². The molecular weight excluding hydrogens is 104 g/mol. The van der Waals surface area contributed by atoms with E-state index in [0.717, 1.165) is 0 Å². The topological polar surface area (TPSA) is 26.6 Å². The molecule has 1 heterocycles. The van der Waals surface area contributed by atoms with E-state index in [4.69, 9.17) is 4.74 Å². The summed E-state index contributed by atoms with van der Waals surface area (Å²) in [5, 5.41) is 1.73. The van der Waals surface area contributed by atoms with Crippen LogP contribution in [0.1, 0.15) is 0 Å². The maximum atomic E-state index is 4.89. The van der Waals surface area contributed by atoms with Gasteiger partial charge < -0.3 is 4.74 Å². The molecule has 3 heteroatoms. The first-order chi connectivity index (χ1) is 3.83. The van der Waals surface area contributed by atoms with Crippen LogP contribution in [0.3, 0.4) is 0 Å². The second kappa shape index (κ2) is 2.15. The monoisotopic (exact) mass is 113 g/mol. The highest BCUT2D eigenvalue weighted by Crippen LogP contribution is 1.99. The molecule has 0 fully saturated rings. The molecule has 0 amide bonds. The van der Waals surface area contributed by atoms with Gasteiger partial charge in [0.05, 0.1) is 0 Å². The first kappa shape index (κ1) is 5.59. The normalized spacial score (nSPS) is 27.2.